The van der Waals surface area contributed by atoms with Crippen molar-refractivity contribution < 1.29 is 14.7 Å². The molecule has 0 atom stereocenters. The number of amides is 2. The van der Waals surface area contributed by atoms with Gasteiger partial charge in [-0.05, 0) is 0 Å². The van der Waals surface area contributed by atoms with Crippen LogP contribution in [-0.2, 0) is 9.59 Å². The maximum absolute atomic E-state index is 11.4. The number of thioether (sulfide) groups is 2. The highest BCUT2D eigenvalue weighted by Gasteiger charge is 2.39. The van der Waals surface area contributed by atoms with Crippen molar-refractivity contribution in [1.29, 1.82) is 0 Å². The molecule has 0 unspecified atom stereocenters. The minimum absolute atomic E-state index is 0.347. The maximum Gasteiger partial charge on any atom is 0.270 e. The lowest BCUT2D eigenvalue weighted by atomic mass is 10.5. The van der Waals surface area contributed by atoms with Crippen LogP contribution in [0.25, 0.3) is 0 Å². The first-order valence-electron chi connectivity index (χ1n) is 3.72. The molecule has 0 saturated heterocycles. The van der Waals surface area contributed by atoms with Gasteiger partial charge in [-0.1, -0.05) is 0 Å². The van der Waals surface area contributed by atoms with Crippen LogP contribution in [0.3, 0.4) is 0 Å². The third-order valence-electron chi connectivity index (χ3n) is 1.80. The van der Waals surface area contributed by atoms with Gasteiger partial charge in [0.15, 0.2) is 0 Å². The summed E-state index contributed by atoms with van der Waals surface area (Å²) >= 11 is 2.80. The molecule has 0 aromatic heterocycles. The van der Waals surface area contributed by atoms with E-state index in [0.29, 0.717) is 9.81 Å². The molecule has 2 rings (SSSR count). The van der Waals surface area contributed by atoms with Crippen molar-refractivity contribution in [2.24, 2.45) is 0 Å². The maximum atomic E-state index is 11.4. The molecular formula is C7H7NO3S2. The third kappa shape index (κ3) is 1.29. The first-order valence-corrected chi connectivity index (χ1v) is 5.69. The molecule has 13 heavy (non-hydrogen) atoms. The number of carbonyl (C=O) groups is 2. The van der Waals surface area contributed by atoms with Crippen LogP contribution in [0.1, 0.15) is 0 Å². The summed E-state index contributed by atoms with van der Waals surface area (Å²) in [4.78, 5) is 24.8. The van der Waals surface area contributed by atoms with Crippen LogP contribution in [0, 0.1) is 0 Å². The second-order valence-electron chi connectivity index (χ2n) is 2.53. The minimum atomic E-state index is -0.522. The zero-order chi connectivity index (χ0) is 9.42. The summed E-state index contributed by atoms with van der Waals surface area (Å²) in [6.07, 6.45) is 0. The molecule has 0 aromatic rings. The van der Waals surface area contributed by atoms with Crippen molar-refractivity contribution in [3.8, 4) is 0 Å². The Hall–Kier alpha value is -0.460. The molecule has 0 bridgehead atoms. The van der Waals surface area contributed by atoms with E-state index in [4.69, 9.17) is 5.11 Å². The lowest BCUT2D eigenvalue weighted by Gasteiger charge is -2.08. The lowest BCUT2D eigenvalue weighted by Crippen LogP contribution is -2.31. The Morgan fingerprint density at radius 2 is 1.62 bits per heavy atom. The van der Waals surface area contributed by atoms with Crippen molar-refractivity contribution >= 4 is 35.3 Å². The first kappa shape index (κ1) is 9.11. The molecule has 0 spiro atoms. The molecule has 2 heterocycles. The largest absolute Gasteiger partial charge is 0.376 e. The number of hydrogen-bond donors (Lipinski definition) is 1. The van der Waals surface area contributed by atoms with E-state index < -0.39 is 6.73 Å². The van der Waals surface area contributed by atoms with Gasteiger partial charge in [-0.15, -0.1) is 23.5 Å². The van der Waals surface area contributed by atoms with E-state index in [9.17, 15) is 9.59 Å². The fraction of sp³-hybridized carbons (Fsp3) is 0.429. The fourth-order valence-electron chi connectivity index (χ4n) is 1.20. The molecule has 6 heteroatoms. The van der Waals surface area contributed by atoms with Crippen LogP contribution in [0.2, 0.25) is 0 Å². The highest BCUT2D eigenvalue weighted by Crippen LogP contribution is 2.40. The topological polar surface area (TPSA) is 57.6 Å². The predicted octanol–water partition coefficient (Wildman–Crippen LogP) is -0.00340. The Morgan fingerprint density at radius 3 is 2.00 bits per heavy atom. The van der Waals surface area contributed by atoms with Gasteiger partial charge >= 0.3 is 0 Å². The average Bonchev–Trinajstić information content (AvgIpc) is 2.41. The Kier molecular flexibility index (Phi) is 2.35. The Morgan fingerprint density at radius 1 is 1.15 bits per heavy atom. The Bertz CT molecular complexity index is 285. The number of hydrogen-bond acceptors (Lipinski definition) is 5. The molecule has 2 amide bonds. The Labute approximate surface area is 83.4 Å². The van der Waals surface area contributed by atoms with Crippen LogP contribution in [0.15, 0.2) is 9.81 Å². The third-order valence-corrected chi connectivity index (χ3v) is 4.34. The molecule has 0 fully saturated rings. The summed E-state index contributed by atoms with van der Waals surface area (Å²) in [6.45, 7) is -0.522. The van der Waals surface area contributed by atoms with Gasteiger partial charge in [0.05, 0.1) is 9.81 Å². The molecule has 0 aliphatic carbocycles. The number of aliphatic hydroxyl groups excluding tert-OH is 1. The molecule has 4 nitrogen and oxygen atoms in total. The smallest absolute Gasteiger partial charge is 0.270 e. The van der Waals surface area contributed by atoms with Crippen LogP contribution in [0.5, 0.6) is 0 Å². The number of rotatable bonds is 1. The predicted molar refractivity (Wildman–Crippen MR) is 50.9 cm³/mol. The monoisotopic (exact) mass is 217 g/mol. The van der Waals surface area contributed by atoms with E-state index in [1.54, 1.807) is 0 Å². The summed E-state index contributed by atoms with van der Waals surface area (Å²) in [5, 5.41) is 8.79. The summed E-state index contributed by atoms with van der Waals surface area (Å²) in [5.41, 5.74) is 0. The van der Waals surface area contributed by atoms with Gasteiger partial charge in [0.2, 0.25) is 0 Å². The van der Waals surface area contributed by atoms with Gasteiger partial charge in [-0.3, -0.25) is 9.59 Å². The highest BCUT2D eigenvalue weighted by molar-refractivity contribution is 8.11. The first-order chi connectivity index (χ1) is 6.25. The summed E-state index contributed by atoms with van der Waals surface area (Å²) in [7, 11) is 0. The SMILES string of the molecule is O=C1C2=C(SCCS2)C(=O)N1CO. The normalized spacial score (nSPS) is 22.7. The lowest BCUT2D eigenvalue weighted by molar-refractivity contribution is -0.141. The quantitative estimate of drug-likeness (QED) is 0.626. The van der Waals surface area contributed by atoms with E-state index in [1.807, 2.05) is 0 Å². The summed E-state index contributed by atoms with van der Waals surface area (Å²) in [6, 6.07) is 0. The van der Waals surface area contributed by atoms with Gasteiger partial charge in [0, 0.05) is 11.5 Å². The molecule has 0 radical (unpaired) electrons. The van der Waals surface area contributed by atoms with E-state index in [1.165, 1.54) is 23.5 Å². The van der Waals surface area contributed by atoms with Crippen LogP contribution in [-0.4, -0.2) is 40.1 Å². The number of aliphatic hydroxyl groups is 1. The average molecular weight is 217 g/mol. The van der Waals surface area contributed by atoms with Crippen molar-refractivity contribution in [2.75, 3.05) is 18.2 Å². The molecule has 70 valence electrons. The molecule has 2 aliphatic heterocycles. The van der Waals surface area contributed by atoms with Crippen LogP contribution in [0.4, 0.5) is 0 Å². The van der Waals surface area contributed by atoms with E-state index in [-0.39, 0.29) is 11.8 Å². The van der Waals surface area contributed by atoms with Gasteiger partial charge in [0.25, 0.3) is 11.8 Å². The minimum Gasteiger partial charge on any atom is -0.376 e. The summed E-state index contributed by atoms with van der Waals surface area (Å²) in [5.74, 6) is 1.00. The second kappa shape index (κ2) is 3.36. The second-order valence-corrected chi connectivity index (χ2v) is 4.75. The van der Waals surface area contributed by atoms with E-state index >= 15 is 0 Å². The molecule has 1 N–H and O–H groups in total. The standard InChI is InChI=1S/C7H7NO3S2/c9-3-8-6(10)4-5(7(8)11)13-2-1-12-4/h9H,1-3H2. The zero-order valence-corrected chi connectivity index (χ0v) is 8.28. The summed E-state index contributed by atoms with van der Waals surface area (Å²) < 4.78 is 0. The van der Waals surface area contributed by atoms with Crippen molar-refractivity contribution in [3.05, 3.63) is 9.81 Å². The van der Waals surface area contributed by atoms with Crippen molar-refractivity contribution in [2.45, 2.75) is 0 Å². The van der Waals surface area contributed by atoms with Gasteiger partial charge in [-0.25, -0.2) is 4.90 Å². The van der Waals surface area contributed by atoms with Gasteiger partial charge in [0.1, 0.15) is 6.73 Å². The highest BCUT2D eigenvalue weighted by atomic mass is 32.2. The molecular weight excluding hydrogens is 210 g/mol. The van der Waals surface area contributed by atoms with Crippen LogP contribution < -0.4 is 0 Å². The zero-order valence-electron chi connectivity index (χ0n) is 6.65. The van der Waals surface area contributed by atoms with E-state index in [2.05, 4.69) is 0 Å². The number of nitrogens with zero attached hydrogens (tertiary/aromatic N) is 1. The molecule has 0 aromatic carbocycles. The fourth-order valence-corrected chi connectivity index (χ4v) is 3.53. The Balaban J connectivity index is 2.35. The van der Waals surface area contributed by atoms with Crippen molar-refractivity contribution in [3.63, 3.8) is 0 Å². The van der Waals surface area contributed by atoms with Gasteiger partial charge in [-0.2, -0.15) is 0 Å². The number of imide groups is 1. The van der Waals surface area contributed by atoms with Gasteiger partial charge < -0.3 is 5.11 Å². The molecule has 0 saturated carbocycles. The van der Waals surface area contributed by atoms with Crippen molar-refractivity contribution in [1.82, 2.24) is 4.90 Å². The molecule has 2 aliphatic rings. The number of carbonyl (C=O) groups excluding carboxylic acids is 2. The van der Waals surface area contributed by atoms with Crippen LogP contribution >= 0.6 is 23.5 Å². The van der Waals surface area contributed by atoms with E-state index in [0.717, 1.165) is 16.4 Å².